The van der Waals surface area contributed by atoms with Crippen LogP contribution in [0.2, 0.25) is 0 Å². The van der Waals surface area contributed by atoms with Crippen molar-refractivity contribution in [3.8, 4) is 0 Å². The average molecular weight is 664 g/mol. The van der Waals surface area contributed by atoms with Gasteiger partial charge < -0.3 is 19.9 Å². The Morgan fingerprint density at radius 1 is 0.468 bits per heavy atom. The minimum Gasteiger partial charge on any atom is -0.462 e. The van der Waals surface area contributed by atoms with Gasteiger partial charge in [0.05, 0.1) is 0 Å². The largest absolute Gasteiger partial charge is 0.462 e. The molecule has 2 N–H and O–H groups in total. The van der Waals surface area contributed by atoms with E-state index < -0.39 is 12.2 Å². The lowest BCUT2D eigenvalue weighted by Gasteiger charge is -2.17. The van der Waals surface area contributed by atoms with Crippen molar-refractivity contribution in [3.05, 3.63) is 24.3 Å². The number of hydrogen-bond acceptors (Lipinski definition) is 6. The summed E-state index contributed by atoms with van der Waals surface area (Å²) in [5, 5.41) is 0. The molecule has 7 heteroatoms. The number of carbonyl (C=O) groups is 3. The summed E-state index contributed by atoms with van der Waals surface area (Å²) < 4.78 is 15.5. The summed E-state index contributed by atoms with van der Waals surface area (Å²) >= 11 is 0. The molecule has 0 saturated carbocycles. The summed E-state index contributed by atoms with van der Waals surface area (Å²) in [6.45, 7) is 4.16. The van der Waals surface area contributed by atoms with Gasteiger partial charge in [0.2, 0.25) is 0 Å². The Hall–Kier alpha value is -2.31. The molecular weight excluding hydrogens is 590 g/mol. The molecule has 1 amide bonds. The predicted molar refractivity (Wildman–Crippen MR) is 195 cm³/mol. The molecule has 7 nitrogen and oxygen atoms in total. The quantitative estimate of drug-likeness (QED) is 0.0313. The smallest absolute Gasteiger partial charge is 0.405 e. The molecule has 47 heavy (non-hydrogen) atoms. The van der Waals surface area contributed by atoms with Gasteiger partial charge in [-0.2, -0.15) is 0 Å². The van der Waals surface area contributed by atoms with Gasteiger partial charge in [-0.1, -0.05) is 141 Å². The maximum Gasteiger partial charge on any atom is 0.405 e. The molecule has 0 unspecified atom stereocenters. The van der Waals surface area contributed by atoms with Crippen molar-refractivity contribution in [2.75, 3.05) is 13.2 Å². The number of hydrogen-bond donors (Lipinski definition) is 1. The lowest BCUT2D eigenvalue weighted by atomic mass is 10.1. The van der Waals surface area contributed by atoms with Crippen LogP contribution < -0.4 is 5.73 Å². The van der Waals surface area contributed by atoms with Crippen LogP contribution in [0.1, 0.15) is 194 Å². The molecule has 0 heterocycles. The van der Waals surface area contributed by atoms with E-state index in [0.717, 1.165) is 64.2 Å². The standard InChI is InChI=1S/C40H73NO6/c1-3-5-7-9-11-13-15-17-19-21-23-25-27-29-31-33-38(42)45-35-37(47-40(41)44)36-46-39(43)34-32-30-28-26-24-22-20-18-16-14-12-10-8-6-4-2/h17-20,37H,3-16,21-36H2,1-2H3,(H2,41,44). The third kappa shape index (κ3) is 36.4. The van der Waals surface area contributed by atoms with E-state index >= 15 is 0 Å². The monoisotopic (exact) mass is 664 g/mol. The Morgan fingerprint density at radius 3 is 1.09 bits per heavy atom. The molecule has 0 aromatic carbocycles. The zero-order valence-corrected chi connectivity index (χ0v) is 30.6. The van der Waals surface area contributed by atoms with E-state index in [1.807, 2.05) is 0 Å². The number of amides is 1. The van der Waals surface area contributed by atoms with Crippen molar-refractivity contribution in [3.63, 3.8) is 0 Å². The Labute approximate surface area is 289 Å². The van der Waals surface area contributed by atoms with Crippen LogP contribution in [0, 0.1) is 0 Å². The average Bonchev–Trinajstić information content (AvgIpc) is 3.05. The SMILES string of the molecule is CCCCCCCCC=CCCCCCCCC(=O)OCC(COC(=O)CCCCCCCC=CCCCCCCCC)OC(N)=O. The molecule has 0 rings (SSSR count). The number of carbonyl (C=O) groups excluding carboxylic acids is 3. The Kier molecular flexibility index (Phi) is 34.7. The molecule has 0 aliphatic carbocycles. The van der Waals surface area contributed by atoms with Crippen LogP contribution in [0.4, 0.5) is 4.79 Å². The van der Waals surface area contributed by atoms with Crippen LogP contribution in [0.15, 0.2) is 24.3 Å². The van der Waals surface area contributed by atoms with Crippen molar-refractivity contribution < 1.29 is 28.6 Å². The highest BCUT2D eigenvalue weighted by molar-refractivity contribution is 5.70. The van der Waals surface area contributed by atoms with E-state index in [1.165, 1.54) is 103 Å². The van der Waals surface area contributed by atoms with Gasteiger partial charge in [0.25, 0.3) is 0 Å². The van der Waals surface area contributed by atoms with Crippen LogP contribution in [-0.4, -0.2) is 37.3 Å². The minimum atomic E-state index is -0.989. The van der Waals surface area contributed by atoms with Crippen LogP contribution >= 0.6 is 0 Å². The second-order valence-corrected chi connectivity index (χ2v) is 13.1. The molecule has 0 radical (unpaired) electrons. The molecule has 0 atom stereocenters. The van der Waals surface area contributed by atoms with Gasteiger partial charge in [0, 0.05) is 12.8 Å². The summed E-state index contributed by atoms with van der Waals surface area (Å²) in [5.41, 5.74) is 5.15. The summed E-state index contributed by atoms with van der Waals surface area (Å²) in [6, 6.07) is 0. The van der Waals surface area contributed by atoms with Gasteiger partial charge in [-0.3, -0.25) is 9.59 Å². The van der Waals surface area contributed by atoms with Gasteiger partial charge in [-0.15, -0.1) is 0 Å². The second kappa shape index (κ2) is 36.5. The van der Waals surface area contributed by atoms with Crippen molar-refractivity contribution in [1.82, 2.24) is 0 Å². The van der Waals surface area contributed by atoms with E-state index in [1.54, 1.807) is 0 Å². The Bertz CT molecular complexity index is 725. The van der Waals surface area contributed by atoms with Gasteiger partial charge in [0.1, 0.15) is 13.2 Å². The lowest BCUT2D eigenvalue weighted by molar-refractivity contribution is -0.152. The minimum absolute atomic E-state index is 0.173. The van der Waals surface area contributed by atoms with Crippen molar-refractivity contribution in [1.29, 1.82) is 0 Å². The summed E-state index contributed by atoms with van der Waals surface area (Å²) in [6.07, 6.45) is 39.1. The molecule has 0 aliphatic heterocycles. The van der Waals surface area contributed by atoms with Crippen molar-refractivity contribution in [2.45, 2.75) is 200 Å². The van der Waals surface area contributed by atoms with E-state index in [0.29, 0.717) is 12.8 Å². The molecule has 0 saturated heterocycles. The topological polar surface area (TPSA) is 105 Å². The lowest BCUT2D eigenvalue weighted by Crippen LogP contribution is -2.32. The number of rotatable bonds is 35. The molecular formula is C40H73NO6. The first-order chi connectivity index (χ1) is 23.0. The molecule has 0 aliphatic rings. The third-order valence-electron chi connectivity index (χ3n) is 8.43. The zero-order valence-electron chi connectivity index (χ0n) is 30.6. The van der Waals surface area contributed by atoms with Crippen LogP contribution in [0.5, 0.6) is 0 Å². The van der Waals surface area contributed by atoms with Gasteiger partial charge >= 0.3 is 18.0 Å². The van der Waals surface area contributed by atoms with Gasteiger partial charge in [0.15, 0.2) is 6.10 Å². The highest BCUT2D eigenvalue weighted by atomic mass is 16.6. The van der Waals surface area contributed by atoms with Gasteiger partial charge in [-0.25, -0.2) is 4.79 Å². The molecule has 0 bridgehead atoms. The third-order valence-corrected chi connectivity index (χ3v) is 8.43. The second-order valence-electron chi connectivity index (χ2n) is 13.1. The number of ether oxygens (including phenoxy) is 3. The Balaban J connectivity index is 3.77. The zero-order chi connectivity index (χ0) is 34.5. The number of primary amides is 1. The van der Waals surface area contributed by atoms with E-state index in [2.05, 4.69) is 38.2 Å². The number of esters is 2. The molecule has 0 spiro atoms. The maximum absolute atomic E-state index is 12.2. The molecule has 0 aromatic rings. The first kappa shape index (κ1) is 44.7. The fraction of sp³-hybridized carbons (Fsp3) is 0.825. The first-order valence-electron chi connectivity index (χ1n) is 19.6. The van der Waals surface area contributed by atoms with Crippen molar-refractivity contribution >= 4 is 18.0 Å². The maximum atomic E-state index is 12.2. The van der Waals surface area contributed by atoms with E-state index in [9.17, 15) is 14.4 Å². The normalized spacial score (nSPS) is 12.1. The van der Waals surface area contributed by atoms with Gasteiger partial charge in [-0.05, 0) is 64.2 Å². The first-order valence-corrected chi connectivity index (χ1v) is 19.6. The van der Waals surface area contributed by atoms with Crippen LogP contribution in [0.25, 0.3) is 0 Å². The summed E-state index contributed by atoms with van der Waals surface area (Å²) in [4.78, 5) is 35.6. The van der Waals surface area contributed by atoms with Crippen molar-refractivity contribution in [2.24, 2.45) is 5.73 Å². The number of allylic oxidation sites excluding steroid dienone is 4. The van der Waals surface area contributed by atoms with Crippen LogP contribution in [-0.2, 0) is 23.8 Å². The summed E-state index contributed by atoms with van der Waals surface area (Å²) in [5.74, 6) is -0.694. The highest BCUT2D eigenvalue weighted by Gasteiger charge is 2.18. The molecule has 0 fully saturated rings. The molecule has 274 valence electrons. The highest BCUT2D eigenvalue weighted by Crippen LogP contribution is 2.12. The molecule has 0 aromatic heterocycles. The van der Waals surface area contributed by atoms with E-state index in [-0.39, 0.29) is 25.2 Å². The Morgan fingerprint density at radius 2 is 0.766 bits per heavy atom. The van der Waals surface area contributed by atoms with E-state index in [4.69, 9.17) is 19.9 Å². The number of unbranched alkanes of at least 4 members (excludes halogenated alkanes) is 22. The van der Waals surface area contributed by atoms with Crippen LogP contribution in [0.3, 0.4) is 0 Å². The summed E-state index contributed by atoms with van der Waals surface area (Å²) in [7, 11) is 0. The fourth-order valence-electron chi connectivity index (χ4n) is 5.48. The number of nitrogens with two attached hydrogens (primary N) is 1. The predicted octanol–water partition coefficient (Wildman–Crippen LogP) is 11.6. The fourth-order valence-corrected chi connectivity index (χ4v) is 5.48.